The first kappa shape index (κ1) is 14.8. The largest absolute Gasteiger partial charge is 0.330 e. The number of benzene rings is 1. The van der Waals surface area contributed by atoms with Gasteiger partial charge in [-0.15, -0.1) is 0 Å². The fraction of sp³-hybridized carbons (Fsp3) is 0.625. The predicted octanol–water partition coefficient (Wildman–Crippen LogP) is 4.57. The molecule has 0 saturated heterocycles. The van der Waals surface area contributed by atoms with Gasteiger partial charge in [-0.2, -0.15) is 0 Å². The zero-order valence-electron chi connectivity index (χ0n) is 11.6. The molecule has 0 heterocycles. The first-order valence-corrected chi connectivity index (χ1v) is 7.61. The van der Waals surface area contributed by atoms with Gasteiger partial charge in [0.15, 0.2) is 0 Å². The Balaban J connectivity index is 2.13. The van der Waals surface area contributed by atoms with E-state index in [1.165, 1.54) is 25.3 Å². The highest BCUT2D eigenvalue weighted by Crippen LogP contribution is 2.42. The molecule has 2 rings (SSSR count). The third-order valence-corrected chi connectivity index (χ3v) is 5.20. The second-order valence-corrected chi connectivity index (χ2v) is 6.32. The van der Waals surface area contributed by atoms with Gasteiger partial charge in [0, 0.05) is 0 Å². The van der Waals surface area contributed by atoms with Crippen LogP contribution in [0.4, 0.5) is 4.39 Å². The number of rotatable bonds is 4. The molecule has 1 fully saturated rings. The Kier molecular flexibility index (Phi) is 4.86. The van der Waals surface area contributed by atoms with E-state index in [9.17, 15) is 4.39 Å². The van der Waals surface area contributed by atoms with Crippen LogP contribution in [-0.4, -0.2) is 6.54 Å². The van der Waals surface area contributed by atoms with Crippen LogP contribution in [0.3, 0.4) is 0 Å². The van der Waals surface area contributed by atoms with Crippen LogP contribution in [0.5, 0.6) is 0 Å². The van der Waals surface area contributed by atoms with E-state index in [-0.39, 0.29) is 16.3 Å². The standard InChI is InChI=1S/C16H23ClFN/c1-2-12-6-8-16(11-19,9-7-12)10-13-4-3-5-14(18)15(13)17/h3-5,12H,2,6-11,19H2,1H3. The molecule has 106 valence electrons. The van der Waals surface area contributed by atoms with Crippen molar-refractivity contribution in [2.24, 2.45) is 17.1 Å². The summed E-state index contributed by atoms with van der Waals surface area (Å²) in [5.74, 6) is 0.510. The molecule has 0 radical (unpaired) electrons. The highest BCUT2D eigenvalue weighted by atomic mass is 35.5. The zero-order valence-corrected chi connectivity index (χ0v) is 12.3. The third-order valence-electron chi connectivity index (χ3n) is 4.77. The van der Waals surface area contributed by atoms with Gasteiger partial charge in [0.25, 0.3) is 0 Å². The number of hydrogen-bond acceptors (Lipinski definition) is 1. The average molecular weight is 284 g/mol. The Labute approximate surface area is 120 Å². The van der Waals surface area contributed by atoms with Crippen molar-refractivity contribution in [3.63, 3.8) is 0 Å². The number of halogens is 2. The minimum absolute atomic E-state index is 0.114. The van der Waals surface area contributed by atoms with E-state index in [1.54, 1.807) is 6.07 Å². The quantitative estimate of drug-likeness (QED) is 0.861. The second kappa shape index (κ2) is 6.23. The fourth-order valence-corrected chi connectivity index (χ4v) is 3.43. The number of nitrogens with two attached hydrogens (primary N) is 1. The molecule has 1 aliphatic carbocycles. The molecule has 1 aromatic carbocycles. The molecule has 1 nitrogen and oxygen atoms in total. The molecular weight excluding hydrogens is 261 g/mol. The summed E-state index contributed by atoms with van der Waals surface area (Å²) in [5.41, 5.74) is 7.04. The summed E-state index contributed by atoms with van der Waals surface area (Å²) in [6.45, 7) is 2.92. The van der Waals surface area contributed by atoms with Gasteiger partial charge in [-0.1, -0.05) is 37.1 Å². The van der Waals surface area contributed by atoms with Gasteiger partial charge >= 0.3 is 0 Å². The van der Waals surface area contributed by atoms with Crippen LogP contribution in [-0.2, 0) is 6.42 Å². The molecule has 0 unspecified atom stereocenters. The maximum Gasteiger partial charge on any atom is 0.142 e. The lowest BCUT2D eigenvalue weighted by Crippen LogP contribution is -2.36. The van der Waals surface area contributed by atoms with Crippen LogP contribution < -0.4 is 5.73 Å². The summed E-state index contributed by atoms with van der Waals surface area (Å²) in [6, 6.07) is 5.07. The Bertz CT molecular complexity index is 425. The van der Waals surface area contributed by atoms with E-state index in [0.29, 0.717) is 6.54 Å². The van der Waals surface area contributed by atoms with E-state index in [1.807, 2.05) is 6.07 Å². The van der Waals surface area contributed by atoms with Crippen LogP contribution in [0.15, 0.2) is 18.2 Å². The molecule has 0 bridgehead atoms. The monoisotopic (exact) mass is 283 g/mol. The normalized spacial score (nSPS) is 27.5. The molecule has 0 atom stereocenters. The van der Waals surface area contributed by atoms with Gasteiger partial charge in [0.05, 0.1) is 5.02 Å². The highest BCUT2D eigenvalue weighted by Gasteiger charge is 2.34. The van der Waals surface area contributed by atoms with Crippen molar-refractivity contribution < 1.29 is 4.39 Å². The van der Waals surface area contributed by atoms with Gasteiger partial charge in [-0.25, -0.2) is 4.39 Å². The van der Waals surface area contributed by atoms with Crippen molar-refractivity contribution in [1.82, 2.24) is 0 Å². The molecule has 0 aromatic heterocycles. The Morgan fingerprint density at radius 1 is 1.37 bits per heavy atom. The molecule has 19 heavy (non-hydrogen) atoms. The second-order valence-electron chi connectivity index (χ2n) is 5.95. The minimum atomic E-state index is -0.325. The molecule has 0 spiro atoms. The molecular formula is C16H23ClFN. The van der Waals surface area contributed by atoms with E-state index in [4.69, 9.17) is 17.3 Å². The predicted molar refractivity (Wildman–Crippen MR) is 78.9 cm³/mol. The van der Waals surface area contributed by atoms with Crippen molar-refractivity contribution in [3.05, 3.63) is 34.6 Å². The van der Waals surface area contributed by atoms with E-state index in [2.05, 4.69) is 6.92 Å². The lowest BCUT2D eigenvalue weighted by atomic mass is 9.67. The topological polar surface area (TPSA) is 26.0 Å². The molecule has 0 amide bonds. The molecule has 3 heteroatoms. The van der Waals surface area contributed by atoms with Crippen molar-refractivity contribution >= 4 is 11.6 Å². The van der Waals surface area contributed by atoms with Crippen molar-refractivity contribution in [3.8, 4) is 0 Å². The number of hydrogen-bond donors (Lipinski definition) is 1. The van der Waals surface area contributed by atoms with Gasteiger partial charge in [-0.05, 0) is 61.6 Å². The summed E-state index contributed by atoms with van der Waals surface area (Å²) < 4.78 is 13.5. The van der Waals surface area contributed by atoms with Crippen LogP contribution in [0.25, 0.3) is 0 Å². The first-order chi connectivity index (χ1) is 9.10. The fourth-order valence-electron chi connectivity index (χ4n) is 3.24. The molecule has 2 N–H and O–H groups in total. The lowest BCUT2D eigenvalue weighted by Gasteiger charge is -2.39. The summed E-state index contributed by atoms with van der Waals surface area (Å²) >= 11 is 6.07. The molecule has 0 aliphatic heterocycles. The SMILES string of the molecule is CCC1CCC(CN)(Cc2cccc(F)c2Cl)CC1. The van der Waals surface area contributed by atoms with E-state index >= 15 is 0 Å². The van der Waals surface area contributed by atoms with Crippen LogP contribution in [0, 0.1) is 17.2 Å². The van der Waals surface area contributed by atoms with Crippen molar-refractivity contribution in [2.45, 2.75) is 45.4 Å². The van der Waals surface area contributed by atoms with Crippen LogP contribution in [0.2, 0.25) is 5.02 Å². The minimum Gasteiger partial charge on any atom is -0.330 e. The zero-order chi connectivity index (χ0) is 13.9. The summed E-state index contributed by atoms with van der Waals surface area (Å²) in [5, 5.41) is 0.271. The summed E-state index contributed by atoms with van der Waals surface area (Å²) in [6.07, 6.45) is 6.79. The lowest BCUT2D eigenvalue weighted by molar-refractivity contribution is 0.153. The van der Waals surface area contributed by atoms with E-state index in [0.717, 1.165) is 30.7 Å². The average Bonchev–Trinajstić information content (AvgIpc) is 2.45. The van der Waals surface area contributed by atoms with Crippen LogP contribution in [0.1, 0.15) is 44.6 Å². The van der Waals surface area contributed by atoms with Crippen molar-refractivity contribution in [2.75, 3.05) is 6.54 Å². The summed E-state index contributed by atoms with van der Waals surface area (Å²) in [7, 11) is 0. The first-order valence-electron chi connectivity index (χ1n) is 7.23. The molecule has 1 aromatic rings. The van der Waals surface area contributed by atoms with Crippen LogP contribution >= 0.6 is 11.6 Å². The molecule has 1 saturated carbocycles. The smallest absolute Gasteiger partial charge is 0.142 e. The third kappa shape index (κ3) is 3.29. The van der Waals surface area contributed by atoms with Gasteiger partial charge < -0.3 is 5.73 Å². The molecule has 1 aliphatic rings. The van der Waals surface area contributed by atoms with Crippen molar-refractivity contribution in [1.29, 1.82) is 0 Å². The highest BCUT2D eigenvalue weighted by molar-refractivity contribution is 6.31. The van der Waals surface area contributed by atoms with E-state index < -0.39 is 0 Å². The maximum atomic E-state index is 13.5. The maximum absolute atomic E-state index is 13.5. The Morgan fingerprint density at radius 3 is 2.63 bits per heavy atom. The summed E-state index contributed by atoms with van der Waals surface area (Å²) in [4.78, 5) is 0. The van der Waals surface area contributed by atoms with Gasteiger partial charge in [-0.3, -0.25) is 0 Å². The Hall–Kier alpha value is -0.600. The Morgan fingerprint density at radius 2 is 2.05 bits per heavy atom. The van der Waals surface area contributed by atoms with Gasteiger partial charge in [0.2, 0.25) is 0 Å². The van der Waals surface area contributed by atoms with Gasteiger partial charge in [0.1, 0.15) is 5.82 Å².